The maximum atomic E-state index is 9.36. The Balaban J connectivity index is 2.35. The minimum absolute atomic E-state index is 0.0924. The van der Waals surface area contributed by atoms with Crippen LogP contribution in [-0.2, 0) is 4.74 Å². The summed E-state index contributed by atoms with van der Waals surface area (Å²) in [6.07, 6.45) is 1.20. The van der Waals surface area contributed by atoms with Crippen LogP contribution in [0.15, 0.2) is 24.3 Å². The van der Waals surface area contributed by atoms with Crippen molar-refractivity contribution in [1.29, 1.82) is 5.26 Å². The molecular weight excluding hydrogens is 250 g/mol. The van der Waals surface area contributed by atoms with E-state index in [9.17, 15) is 5.26 Å². The van der Waals surface area contributed by atoms with Gasteiger partial charge in [-0.05, 0) is 31.6 Å². The number of ether oxygens (including phenoxy) is 1. The number of benzene rings is 1. The van der Waals surface area contributed by atoms with Gasteiger partial charge in [0, 0.05) is 13.1 Å². The molecule has 4 nitrogen and oxygen atoms in total. The first-order valence-electron chi connectivity index (χ1n) is 7.31. The van der Waals surface area contributed by atoms with Crippen LogP contribution in [0.3, 0.4) is 0 Å². The standard InChI is InChI=1S/C16H23N3O/c1-3-8-19-9-10-20-15(12-18-2)16(19)14-7-5-4-6-13(14)11-17/h4-7,15-16,18H,3,8-10,12H2,1-2H3. The van der Waals surface area contributed by atoms with Crippen LogP contribution in [0.2, 0.25) is 0 Å². The molecule has 0 radical (unpaired) electrons. The Morgan fingerprint density at radius 2 is 2.25 bits per heavy atom. The van der Waals surface area contributed by atoms with Gasteiger partial charge in [0.2, 0.25) is 0 Å². The van der Waals surface area contributed by atoms with E-state index in [0.717, 1.165) is 43.8 Å². The lowest BCUT2D eigenvalue weighted by Crippen LogP contribution is -2.49. The first kappa shape index (κ1) is 15.0. The summed E-state index contributed by atoms with van der Waals surface area (Å²) in [4.78, 5) is 2.45. The van der Waals surface area contributed by atoms with Gasteiger partial charge >= 0.3 is 0 Å². The number of rotatable bonds is 5. The molecule has 2 atom stereocenters. The van der Waals surface area contributed by atoms with Crippen molar-refractivity contribution in [2.75, 3.05) is 33.3 Å². The van der Waals surface area contributed by atoms with Crippen LogP contribution in [0.5, 0.6) is 0 Å². The van der Waals surface area contributed by atoms with Crippen molar-refractivity contribution in [2.24, 2.45) is 0 Å². The summed E-state index contributed by atoms with van der Waals surface area (Å²) < 4.78 is 5.95. The van der Waals surface area contributed by atoms with Crippen LogP contribution in [0.4, 0.5) is 0 Å². The van der Waals surface area contributed by atoms with Crippen LogP contribution in [0.25, 0.3) is 0 Å². The molecule has 2 rings (SSSR count). The summed E-state index contributed by atoms with van der Waals surface area (Å²) in [6.45, 7) is 5.71. The van der Waals surface area contributed by atoms with Gasteiger partial charge in [0.25, 0.3) is 0 Å². The van der Waals surface area contributed by atoms with Crippen LogP contribution < -0.4 is 5.32 Å². The second-order valence-corrected chi connectivity index (χ2v) is 5.15. The summed E-state index contributed by atoms with van der Waals surface area (Å²) in [5.41, 5.74) is 1.84. The fourth-order valence-electron chi connectivity index (χ4n) is 2.95. The summed E-state index contributed by atoms with van der Waals surface area (Å²) in [6, 6.07) is 10.4. The van der Waals surface area contributed by atoms with Gasteiger partial charge in [-0.2, -0.15) is 5.26 Å². The van der Waals surface area contributed by atoms with E-state index in [1.165, 1.54) is 0 Å². The van der Waals surface area contributed by atoms with E-state index in [1.807, 2.05) is 25.2 Å². The van der Waals surface area contributed by atoms with Crippen molar-refractivity contribution in [1.82, 2.24) is 10.2 Å². The average molecular weight is 273 g/mol. The molecule has 1 aliphatic rings. The molecule has 0 bridgehead atoms. The molecule has 4 heteroatoms. The maximum absolute atomic E-state index is 9.36. The third kappa shape index (κ3) is 3.18. The maximum Gasteiger partial charge on any atom is 0.0995 e. The van der Waals surface area contributed by atoms with E-state index >= 15 is 0 Å². The van der Waals surface area contributed by atoms with Crippen LogP contribution in [0, 0.1) is 11.3 Å². The molecule has 1 N–H and O–H groups in total. The van der Waals surface area contributed by atoms with E-state index in [4.69, 9.17) is 4.74 Å². The molecule has 0 spiro atoms. The highest BCUT2D eigenvalue weighted by molar-refractivity contribution is 5.40. The summed E-state index contributed by atoms with van der Waals surface area (Å²) in [7, 11) is 1.94. The molecule has 0 aromatic heterocycles. The van der Waals surface area contributed by atoms with Crippen molar-refractivity contribution < 1.29 is 4.74 Å². The Labute approximate surface area is 121 Å². The minimum atomic E-state index is 0.0924. The molecule has 0 saturated carbocycles. The smallest absolute Gasteiger partial charge is 0.0995 e. The number of nitriles is 1. The molecule has 2 unspecified atom stereocenters. The van der Waals surface area contributed by atoms with E-state index in [2.05, 4.69) is 29.3 Å². The van der Waals surface area contributed by atoms with E-state index in [0.29, 0.717) is 0 Å². The summed E-state index contributed by atoms with van der Waals surface area (Å²) in [5, 5.41) is 12.6. The molecule has 1 fully saturated rings. The predicted molar refractivity (Wildman–Crippen MR) is 79.4 cm³/mol. The van der Waals surface area contributed by atoms with Gasteiger partial charge in [-0.1, -0.05) is 25.1 Å². The zero-order valence-electron chi connectivity index (χ0n) is 12.3. The number of hydrogen-bond acceptors (Lipinski definition) is 4. The van der Waals surface area contributed by atoms with Gasteiger partial charge < -0.3 is 10.1 Å². The number of nitrogens with zero attached hydrogens (tertiary/aromatic N) is 2. The highest BCUT2D eigenvalue weighted by Gasteiger charge is 2.33. The molecule has 1 aromatic rings. The highest BCUT2D eigenvalue weighted by atomic mass is 16.5. The van der Waals surface area contributed by atoms with Crippen LogP contribution in [-0.4, -0.2) is 44.3 Å². The Morgan fingerprint density at radius 3 is 2.95 bits per heavy atom. The lowest BCUT2D eigenvalue weighted by Gasteiger charge is -2.41. The molecule has 1 aromatic carbocycles. The Kier molecular flexibility index (Phi) is 5.54. The number of nitrogens with one attached hydrogen (secondary N) is 1. The van der Waals surface area contributed by atoms with Gasteiger partial charge in [0.05, 0.1) is 30.4 Å². The number of likely N-dealkylation sites (N-methyl/N-ethyl adjacent to an activating group) is 1. The summed E-state index contributed by atoms with van der Waals surface area (Å²) in [5.74, 6) is 0. The topological polar surface area (TPSA) is 48.3 Å². The van der Waals surface area contributed by atoms with E-state index in [1.54, 1.807) is 0 Å². The van der Waals surface area contributed by atoms with Crippen molar-refractivity contribution >= 4 is 0 Å². The van der Waals surface area contributed by atoms with Crippen LogP contribution in [0.1, 0.15) is 30.5 Å². The van der Waals surface area contributed by atoms with Crippen molar-refractivity contribution in [3.8, 4) is 6.07 Å². The molecule has 0 amide bonds. The molecule has 108 valence electrons. The monoisotopic (exact) mass is 273 g/mol. The zero-order chi connectivity index (χ0) is 14.4. The van der Waals surface area contributed by atoms with Gasteiger partial charge in [-0.3, -0.25) is 4.90 Å². The normalized spacial score (nSPS) is 23.4. The van der Waals surface area contributed by atoms with Gasteiger partial charge in [-0.25, -0.2) is 0 Å². The third-order valence-electron chi connectivity index (χ3n) is 3.77. The molecule has 1 saturated heterocycles. The quantitative estimate of drug-likeness (QED) is 0.890. The molecule has 0 aliphatic carbocycles. The second kappa shape index (κ2) is 7.39. The first-order valence-corrected chi connectivity index (χ1v) is 7.31. The number of morpholine rings is 1. The lowest BCUT2D eigenvalue weighted by atomic mass is 9.93. The Bertz CT molecular complexity index is 451. The van der Waals surface area contributed by atoms with Crippen LogP contribution >= 0.6 is 0 Å². The Morgan fingerprint density at radius 1 is 1.45 bits per heavy atom. The van der Waals surface area contributed by atoms with Crippen molar-refractivity contribution in [3.63, 3.8) is 0 Å². The lowest BCUT2D eigenvalue weighted by molar-refractivity contribution is -0.0705. The van der Waals surface area contributed by atoms with Gasteiger partial charge in [0.1, 0.15) is 0 Å². The van der Waals surface area contributed by atoms with Crippen molar-refractivity contribution in [3.05, 3.63) is 35.4 Å². The SMILES string of the molecule is CCCN1CCOC(CNC)C1c1ccccc1C#N. The first-order chi connectivity index (χ1) is 9.81. The average Bonchev–Trinajstić information content (AvgIpc) is 2.48. The number of hydrogen-bond donors (Lipinski definition) is 1. The fourth-order valence-corrected chi connectivity index (χ4v) is 2.95. The molecule has 1 aliphatic heterocycles. The summed E-state index contributed by atoms with van der Waals surface area (Å²) >= 11 is 0. The molecule has 20 heavy (non-hydrogen) atoms. The second-order valence-electron chi connectivity index (χ2n) is 5.15. The van der Waals surface area contributed by atoms with Crippen molar-refractivity contribution in [2.45, 2.75) is 25.5 Å². The van der Waals surface area contributed by atoms with Gasteiger partial charge in [0.15, 0.2) is 0 Å². The largest absolute Gasteiger partial charge is 0.374 e. The highest BCUT2D eigenvalue weighted by Crippen LogP contribution is 2.31. The fraction of sp³-hybridized carbons (Fsp3) is 0.562. The molecular formula is C16H23N3O. The van der Waals surface area contributed by atoms with Gasteiger partial charge in [-0.15, -0.1) is 0 Å². The zero-order valence-corrected chi connectivity index (χ0v) is 12.3. The van der Waals surface area contributed by atoms with E-state index < -0.39 is 0 Å². The molecule has 1 heterocycles. The minimum Gasteiger partial charge on any atom is -0.374 e. The Hall–Kier alpha value is -1.41. The third-order valence-corrected chi connectivity index (χ3v) is 3.77. The van der Waals surface area contributed by atoms with E-state index in [-0.39, 0.29) is 12.1 Å². The predicted octanol–water partition coefficient (Wildman–Crippen LogP) is 1.93.